The van der Waals surface area contributed by atoms with Crippen molar-refractivity contribution >= 4 is 10.0 Å². The lowest BCUT2D eigenvalue weighted by Gasteiger charge is -2.13. The third kappa shape index (κ3) is 3.59. The summed E-state index contributed by atoms with van der Waals surface area (Å²) in [7, 11) is -3.08. The first-order valence-corrected chi connectivity index (χ1v) is 9.60. The molecule has 0 N–H and O–H groups in total. The SMILES string of the molecule is CCn1nccc1-c1cnc(C[C@H]2CCN(S(C)(=O)=O)C2)cn1. The van der Waals surface area contributed by atoms with Crippen molar-refractivity contribution < 1.29 is 8.42 Å². The van der Waals surface area contributed by atoms with E-state index in [2.05, 4.69) is 15.1 Å². The molecule has 0 aliphatic carbocycles. The smallest absolute Gasteiger partial charge is 0.211 e. The standard InChI is InChI=1S/C15H21N5O2S/c1-3-20-15(4-6-18-20)14-10-16-13(9-17-14)8-12-5-7-19(11-12)23(2,21)22/h4,6,9-10,12H,3,5,7-8,11H2,1-2H3/t12-/m1/s1. The summed E-state index contributed by atoms with van der Waals surface area (Å²) in [6.07, 6.45) is 8.20. The molecule has 23 heavy (non-hydrogen) atoms. The van der Waals surface area contributed by atoms with Crippen molar-refractivity contribution in [3.63, 3.8) is 0 Å². The largest absolute Gasteiger partial charge is 0.264 e. The Labute approximate surface area is 136 Å². The zero-order chi connectivity index (χ0) is 16.4. The van der Waals surface area contributed by atoms with Gasteiger partial charge in [-0.3, -0.25) is 14.6 Å². The minimum Gasteiger partial charge on any atom is -0.264 e. The molecule has 3 rings (SSSR count). The third-order valence-electron chi connectivity index (χ3n) is 4.20. The van der Waals surface area contributed by atoms with Crippen LogP contribution in [0.3, 0.4) is 0 Å². The molecule has 1 fully saturated rings. The van der Waals surface area contributed by atoms with E-state index in [0.29, 0.717) is 19.0 Å². The number of aryl methyl sites for hydroxylation is 1. The molecule has 0 bridgehead atoms. The highest BCUT2D eigenvalue weighted by atomic mass is 32.2. The lowest BCUT2D eigenvalue weighted by atomic mass is 10.0. The first-order valence-electron chi connectivity index (χ1n) is 7.75. The van der Waals surface area contributed by atoms with E-state index in [-0.39, 0.29) is 0 Å². The van der Waals surface area contributed by atoms with Crippen molar-refractivity contribution in [2.24, 2.45) is 5.92 Å². The van der Waals surface area contributed by atoms with Crippen LogP contribution in [-0.4, -0.2) is 51.8 Å². The zero-order valence-electron chi connectivity index (χ0n) is 13.4. The lowest BCUT2D eigenvalue weighted by Crippen LogP contribution is -2.27. The highest BCUT2D eigenvalue weighted by Gasteiger charge is 2.28. The molecule has 7 nitrogen and oxygen atoms in total. The molecule has 0 unspecified atom stereocenters. The molecule has 8 heteroatoms. The molecule has 0 amide bonds. The summed E-state index contributed by atoms with van der Waals surface area (Å²) in [4.78, 5) is 8.97. The molecule has 1 aliphatic rings. The molecule has 3 heterocycles. The number of sulfonamides is 1. The van der Waals surface area contributed by atoms with Gasteiger partial charge in [0.15, 0.2) is 0 Å². The van der Waals surface area contributed by atoms with Crippen LogP contribution in [0.5, 0.6) is 0 Å². The fourth-order valence-corrected chi connectivity index (χ4v) is 3.87. The van der Waals surface area contributed by atoms with Gasteiger partial charge in [-0.05, 0) is 31.7 Å². The summed E-state index contributed by atoms with van der Waals surface area (Å²) in [5.41, 5.74) is 2.66. The van der Waals surface area contributed by atoms with E-state index in [4.69, 9.17) is 0 Å². The van der Waals surface area contributed by atoms with E-state index >= 15 is 0 Å². The quantitative estimate of drug-likeness (QED) is 0.820. The normalized spacial score (nSPS) is 19.3. The number of nitrogens with zero attached hydrogens (tertiary/aromatic N) is 5. The Balaban J connectivity index is 1.67. The van der Waals surface area contributed by atoms with Gasteiger partial charge in [0.2, 0.25) is 10.0 Å². The Morgan fingerprint density at radius 2 is 2.13 bits per heavy atom. The van der Waals surface area contributed by atoms with Crippen molar-refractivity contribution in [1.82, 2.24) is 24.1 Å². The highest BCUT2D eigenvalue weighted by molar-refractivity contribution is 7.88. The average molecular weight is 335 g/mol. The van der Waals surface area contributed by atoms with Crippen molar-refractivity contribution in [1.29, 1.82) is 0 Å². The molecule has 2 aromatic heterocycles. The van der Waals surface area contributed by atoms with E-state index < -0.39 is 10.0 Å². The van der Waals surface area contributed by atoms with Crippen LogP contribution in [0, 0.1) is 5.92 Å². The van der Waals surface area contributed by atoms with Gasteiger partial charge in [0.05, 0.1) is 23.8 Å². The van der Waals surface area contributed by atoms with Gasteiger partial charge >= 0.3 is 0 Å². The first-order chi connectivity index (χ1) is 11.0. The van der Waals surface area contributed by atoms with Crippen LogP contribution in [0.15, 0.2) is 24.7 Å². The molecule has 0 spiro atoms. The molecule has 0 radical (unpaired) electrons. The third-order valence-corrected chi connectivity index (χ3v) is 5.47. The van der Waals surface area contributed by atoms with E-state index in [9.17, 15) is 8.42 Å². The van der Waals surface area contributed by atoms with Crippen LogP contribution in [0.2, 0.25) is 0 Å². The summed E-state index contributed by atoms with van der Waals surface area (Å²) < 4.78 is 26.5. The highest BCUT2D eigenvalue weighted by Crippen LogP contribution is 2.22. The summed E-state index contributed by atoms with van der Waals surface area (Å²) >= 11 is 0. The summed E-state index contributed by atoms with van der Waals surface area (Å²) in [5.74, 6) is 0.311. The number of rotatable bonds is 5. The molecule has 124 valence electrons. The number of aromatic nitrogens is 4. The van der Waals surface area contributed by atoms with Gasteiger partial charge in [0, 0.05) is 32.0 Å². The van der Waals surface area contributed by atoms with Gasteiger partial charge in [0.1, 0.15) is 5.69 Å². The van der Waals surface area contributed by atoms with Gasteiger partial charge in [0.25, 0.3) is 0 Å². The molecular formula is C15H21N5O2S. The van der Waals surface area contributed by atoms with Crippen LogP contribution in [0.25, 0.3) is 11.4 Å². The molecule has 1 atom stereocenters. The topological polar surface area (TPSA) is 81.0 Å². The van der Waals surface area contributed by atoms with E-state index in [1.165, 1.54) is 6.26 Å². The second kappa shape index (κ2) is 6.37. The number of hydrogen-bond donors (Lipinski definition) is 0. The summed E-state index contributed by atoms with van der Waals surface area (Å²) in [5, 5.41) is 4.23. The predicted octanol–water partition coefficient (Wildman–Crippen LogP) is 1.18. The molecule has 1 saturated heterocycles. The van der Waals surface area contributed by atoms with Crippen LogP contribution in [0.4, 0.5) is 0 Å². The molecular weight excluding hydrogens is 314 g/mol. The second-order valence-corrected chi connectivity index (χ2v) is 7.89. The lowest BCUT2D eigenvalue weighted by molar-refractivity contribution is 0.459. The van der Waals surface area contributed by atoms with Gasteiger partial charge in [-0.25, -0.2) is 12.7 Å². The van der Waals surface area contributed by atoms with E-state index in [1.54, 1.807) is 22.9 Å². The molecule has 2 aromatic rings. The maximum atomic E-state index is 11.6. The second-order valence-electron chi connectivity index (χ2n) is 5.91. The Morgan fingerprint density at radius 3 is 2.74 bits per heavy atom. The monoisotopic (exact) mass is 335 g/mol. The molecule has 0 saturated carbocycles. The van der Waals surface area contributed by atoms with Crippen molar-refractivity contribution in [2.45, 2.75) is 26.3 Å². The minimum absolute atomic E-state index is 0.311. The molecule has 1 aliphatic heterocycles. The minimum atomic E-state index is -3.08. The summed E-state index contributed by atoms with van der Waals surface area (Å²) in [6.45, 7) is 4.00. The van der Waals surface area contributed by atoms with Crippen molar-refractivity contribution in [3.05, 3.63) is 30.4 Å². The van der Waals surface area contributed by atoms with Gasteiger partial charge in [-0.15, -0.1) is 0 Å². The Morgan fingerprint density at radius 1 is 1.30 bits per heavy atom. The van der Waals surface area contributed by atoms with Gasteiger partial charge in [-0.2, -0.15) is 5.10 Å². The van der Waals surface area contributed by atoms with Crippen LogP contribution < -0.4 is 0 Å². The predicted molar refractivity (Wildman–Crippen MR) is 87.2 cm³/mol. The maximum absolute atomic E-state index is 11.6. The fourth-order valence-electron chi connectivity index (χ4n) is 2.96. The van der Waals surface area contributed by atoms with Crippen molar-refractivity contribution in [2.75, 3.05) is 19.3 Å². The van der Waals surface area contributed by atoms with Crippen molar-refractivity contribution in [3.8, 4) is 11.4 Å². The zero-order valence-corrected chi connectivity index (χ0v) is 14.2. The average Bonchev–Trinajstić information content (AvgIpc) is 3.16. The summed E-state index contributed by atoms with van der Waals surface area (Å²) in [6, 6.07) is 1.92. The maximum Gasteiger partial charge on any atom is 0.211 e. The first kappa shape index (κ1) is 16.1. The Bertz CT molecular complexity index is 769. The Kier molecular flexibility index (Phi) is 4.45. The Hall–Kier alpha value is -1.80. The van der Waals surface area contributed by atoms with Crippen LogP contribution >= 0.6 is 0 Å². The van der Waals surface area contributed by atoms with Gasteiger partial charge in [-0.1, -0.05) is 0 Å². The number of hydrogen-bond acceptors (Lipinski definition) is 5. The van der Waals surface area contributed by atoms with Gasteiger partial charge < -0.3 is 0 Å². The van der Waals surface area contributed by atoms with E-state index in [0.717, 1.165) is 36.5 Å². The fraction of sp³-hybridized carbons (Fsp3) is 0.533. The van der Waals surface area contributed by atoms with Crippen LogP contribution in [-0.2, 0) is 23.0 Å². The van der Waals surface area contributed by atoms with E-state index in [1.807, 2.05) is 17.7 Å². The van der Waals surface area contributed by atoms with Crippen LogP contribution in [0.1, 0.15) is 19.0 Å². The molecule has 0 aromatic carbocycles.